The van der Waals surface area contributed by atoms with Gasteiger partial charge in [-0.2, -0.15) is 16.1 Å². The number of hydroxylamine groups is 1. The maximum atomic E-state index is 13.2. The molecule has 1 aliphatic heterocycles. The van der Waals surface area contributed by atoms with Crippen LogP contribution >= 0.6 is 11.8 Å². The van der Waals surface area contributed by atoms with Crippen molar-refractivity contribution in [3.63, 3.8) is 0 Å². The molecule has 1 aromatic carbocycles. The van der Waals surface area contributed by atoms with E-state index in [0.29, 0.717) is 11.5 Å². The topological polar surface area (TPSA) is 95.9 Å². The quantitative estimate of drug-likeness (QED) is 0.293. The molecule has 0 aliphatic carbocycles. The normalized spacial score (nSPS) is 19.1. The smallest absolute Gasteiger partial charge is 0.263 e. The fraction of sp³-hybridized carbons (Fsp3) is 0.550. The lowest BCUT2D eigenvalue weighted by Crippen LogP contribution is -2.61. The number of nitrogens with one attached hydrogen (secondary N) is 1. The Morgan fingerprint density at radius 2 is 2.03 bits per heavy atom. The van der Waals surface area contributed by atoms with Crippen molar-refractivity contribution in [2.45, 2.75) is 55.7 Å². The largest absolute Gasteiger partial charge is 0.481 e. The van der Waals surface area contributed by atoms with Gasteiger partial charge in [0.1, 0.15) is 18.4 Å². The van der Waals surface area contributed by atoms with Crippen molar-refractivity contribution < 1.29 is 23.2 Å². The average Bonchev–Trinajstić information content (AvgIpc) is 2.69. The van der Waals surface area contributed by atoms with Crippen molar-refractivity contribution in [1.82, 2.24) is 9.79 Å². The first-order valence-electron chi connectivity index (χ1n) is 9.52. The van der Waals surface area contributed by atoms with Crippen molar-refractivity contribution in [3.05, 3.63) is 24.3 Å². The third kappa shape index (κ3) is 5.89. The minimum Gasteiger partial charge on any atom is -0.481 e. The molecule has 2 rings (SSSR count). The third-order valence-corrected chi connectivity index (χ3v) is 7.85. The number of ether oxygens (including phenoxy) is 1. The SMILES string of the molecule is CCCCC#CCOc1ccc(S(=O)(=O)N2CCSC(C)(C)[C@@H]2C(=O)NO)cc1. The maximum Gasteiger partial charge on any atom is 0.263 e. The van der Waals surface area contributed by atoms with Crippen molar-refractivity contribution in [1.29, 1.82) is 0 Å². The zero-order valence-electron chi connectivity index (χ0n) is 17.0. The zero-order chi connectivity index (χ0) is 21.5. The molecule has 0 radical (unpaired) electrons. The number of carbonyl (C=O) groups is 1. The van der Waals surface area contributed by atoms with Crippen molar-refractivity contribution in [3.8, 4) is 17.6 Å². The fourth-order valence-electron chi connectivity index (χ4n) is 3.09. The molecule has 1 fully saturated rings. The summed E-state index contributed by atoms with van der Waals surface area (Å²) in [6.45, 7) is 6.11. The summed E-state index contributed by atoms with van der Waals surface area (Å²) < 4.78 is 32.3. The average molecular weight is 441 g/mol. The summed E-state index contributed by atoms with van der Waals surface area (Å²) in [5.74, 6) is 6.29. The van der Waals surface area contributed by atoms with Crippen LogP contribution in [0.25, 0.3) is 0 Å². The lowest BCUT2D eigenvalue weighted by atomic mass is 10.0. The Morgan fingerprint density at radius 1 is 1.34 bits per heavy atom. The number of sulfonamides is 1. The van der Waals surface area contributed by atoms with Crippen molar-refractivity contribution in [2.75, 3.05) is 18.9 Å². The lowest BCUT2D eigenvalue weighted by molar-refractivity contribution is -0.134. The summed E-state index contributed by atoms with van der Waals surface area (Å²) in [5, 5.41) is 9.10. The highest BCUT2D eigenvalue weighted by atomic mass is 32.2. The molecule has 0 spiro atoms. The van der Waals surface area contributed by atoms with Gasteiger partial charge in [0.05, 0.1) is 4.90 Å². The van der Waals surface area contributed by atoms with Crippen LogP contribution in [0.3, 0.4) is 0 Å². The predicted octanol–water partition coefficient (Wildman–Crippen LogP) is 2.65. The van der Waals surface area contributed by atoms with Crippen LogP contribution in [-0.4, -0.2) is 53.5 Å². The molecule has 1 atom stereocenters. The van der Waals surface area contributed by atoms with E-state index in [9.17, 15) is 13.2 Å². The molecule has 160 valence electrons. The van der Waals surface area contributed by atoms with Gasteiger partial charge in [0.25, 0.3) is 5.91 Å². The minimum absolute atomic E-state index is 0.0670. The van der Waals surface area contributed by atoms with Crippen LogP contribution in [0.15, 0.2) is 29.2 Å². The predicted molar refractivity (Wildman–Crippen MR) is 113 cm³/mol. The van der Waals surface area contributed by atoms with E-state index in [2.05, 4.69) is 18.8 Å². The molecule has 1 saturated heterocycles. The van der Waals surface area contributed by atoms with E-state index in [1.807, 2.05) is 0 Å². The molecule has 1 heterocycles. The van der Waals surface area contributed by atoms with Gasteiger partial charge in [-0.05, 0) is 44.5 Å². The van der Waals surface area contributed by atoms with Gasteiger partial charge in [0, 0.05) is 23.5 Å². The molecule has 9 heteroatoms. The standard InChI is InChI=1S/C20H28N2O5S2/c1-4-5-6-7-8-14-27-16-9-11-17(12-10-16)29(25,26)22-13-15-28-20(2,3)18(22)19(23)21-24/h9-12,18,24H,4-6,13-15H2,1-3H3,(H,21,23)/t18-/m0/s1. The molecule has 0 unspecified atom stereocenters. The Kier molecular flexibility index (Phi) is 8.40. The van der Waals surface area contributed by atoms with Gasteiger partial charge in [-0.25, -0.2) is 13.9 Å². The monoisotopic (exact) mass is 440 g/mol. The van der Waals surface area contributed by atoms with E-state index in [-0.39, 0.29) is 18.0 Å². The lowest BCUT2D eigenvalue weighted by Gasteiger charge is -2.43. The molecular weight excluding hydrogens is 412 g/mol. The van der Waals surface area contributed by atoms with Gasteiger partial charge in [0.15, 0.2) is 0 Å². The number of carbonyl (C=O) groups excluding carboxylic acids is 1. The summed E-state index contributed by atoms with van der Waals surface area (Å²) in [4.78, 5) is 12.3. The van der Waals surface area contributed by atoms with E-state index in [0.717, 1.165) is 23.6 Å². The summed E-state index contributed by atoms with van der Waals surface area (Å²) in [6, 6.07) is 5.04. The van der Waals surface area contributed by atoms with Gasteiger partial charge in [0.2, 0.25) is 10.0 Å². The zero-order valence-corrected chi connectivity index (χ0v) is 18.6. The number of nitrogens with zero attached hydrogens (tertiary/aromatic N) is 1. The molecule has 1 aliphatic rings. The molecule has 0 saturated carbocycles. The Bertz CT molecular complexity index is 857. The van der Waals surface area contributed by atoms with Gasteiger partial charge in [-0.3, -0.25) is 10.0 Å². The number of amides is 1. The minimum atomic E-state index is -3.93. The van der Waals surface area contributed by atoms with Gasteiger partial charge in [-0.1, -0.05) is 25.2 Å². The summed E-state index contributed by atoms with van der Waals surface area (Å²) >= 11 is 1.49. The molecule has 2 N–H and O–H groups in total. The molecule has 1 aromatic rings. The Morgan fingerprint density at radius 3 is 2.66 bits per heavy atom. The van der Waals surface area contributed by atoms with E-state index in [4.69, 9.17) is 9.94 Å². The van der Waals surface area contributed by atoms with Gasteiger partial charge >= 0.3 is 0 Å². The van der Waals surface area contributed by atoms with Gasteiger partial charge in [-0.15, -0.1) is 0 Å². The summed E-state index contributed by atoms with van der Waals surface area (Å²) in [7, 11) is -3.93. The van der Waals surface area contributed by atoms with Crippen LogP contribution in [-0.2, 0) is 14.8 Å². The van der Waals surface area contributed by atoms with E-state index < -0.39 is 26.7 Å². The van der Waals surface area contributed by atoms with Crippen molar-refractivity contribution in [2.24, 2.45) is 0 Å². The van der Waals surface area contributed by atoms with E-state index in [1.54, 1.807) is 31.5 Å². The van der Waals surface area contributed by atoms with Crippen molar-refractivity contribution >= 4 is 27.7 Å². The molecule has 7 nitrogen and oxygen atoms in total. The highest BCUT2D eigenvalue weighted by molar-refractivity contribution is 8.00. The molecule has 0 aromatic heterocycles. The number of benzene rings is 1. The van der Waals surface area contributed by atoms with E-state index in [1.165, 1.54) is 23.9 Å². The Balaban J connectivity index is 2.15. The van der Waals surface area contributed by atoms with Crippen LogP contribution in [0.1, 0.15) is 40.0 Å². The number of thioether (sulfide) groups is 1. The Labute approximate surface area is 177 Å². The number of unbranched alkanes of at least 4 members (excludes halogenated alkanes) is 2. The second-order valence-corrected chi connectivity index (χ2v) is 10.8. The first-order valence-corrected chi connectivity index (χ1v) is 11.9. The summed E-state index contributed by atoms with van der Waals surface area (Å²) in [5.41, 5.74) is 1.60. The molecule has 1 amide bonds. The maximum absolute atomic E-state index is 13.2. The second kappa shape index (κ2) is 10.3. The van der Waals surface area contributed by atoms with Crippen LogP contribution in [0.5, 0.6) is 5.75 Å². The highest BCUT2D eigenvalue weighted by Crippen LogP contribution is 2.38. The fourth-order valence-corrected chi connectivity index (χ4v) is 6.20. The number of rotatable bonds is 7. The second-order valence-electron chi connectivity index (χ2n) is 7.16. The third-order valence-electron chi connectivity index (χ3n) is 4.61. The Hall–Kier alpha value is -1.73. The molecule has 29 heavy (non-hydrogen) atoms. The first-order chi connectivity index (χ1) is 13.7. The van der Waals surface area contributed by atoms with Crippen LogP contribution in [0.4, 0.5) is 0 Å². The highest BCUT2D eigenvalue weighted by Gasteiger charge is 2.48. The molecule has 0 bridgehead atoms. The van der Waals surface area contributed by atoms with Gasteiger partial charge < -0.3 is 4.74 Å². The molecular formula is C20H28N2O5S2. The van der Waals surface area contributed by atoms with E-state index >= 15 is 0 Å². The number of hydrogen-bond donors (Lipinski definition) is 2. The van der Waals surface area contributed by atoms with Crippen LogP contribution in [0.2, 0.25) is 0 Å². The van der Waals surface area contributed by atoms with Crippen LogP contribution < -0.4 is 10.2 Å². The van der Waals surface area contributed by atoms with Crippen LogP contribution in [0, 0.1) is 11.8 Å². The number of hydrogen-bond acceptors (Lipinski definition) is 6. The first kappa shape index (κ1) is 23.5. The summed E-state index contributed by atoms with van der Waals surface area (Å²) in [6.07, 6.45) is 2.99.